The van der Waals surface area contributed by atoms with Gasteiger partial charge in [0.25, 0.3) is 0 Å². The quantitative estimate of drug-likeness (QED) is 0.822. The molecule has 5 nitrogen and oxygen atoms in total. The molecular formula is C22H23N3O2. The Kier molecular flexibility index (Phi) is 5.01. The molecule has 0 bridgehead atoms. The van der Waals surface area contributed by atoms with Gasteiger partial charge in [-0.2, -0.15) is 5.10 Å². The number of benzene rings is 2. The van der Waals surface area contributed by atoms with E-state index < -0.39 is 0 Å². The van der Waals surface area contributed by atoms with E-state index >= 15 is 0 Å². The van der Waals surface area contributed by atoms with Crippen molar-refractivity contribution in [1.29, 1.82) is 0 Å². The van der Waals surface area contributed by atoms with Crippen LogP contribution in [0.3, 0.4) is 0 Å². The standard InChI is InChI=1S/C22H23N3O2/c26-20-12-7-15-24(20)19-16-25(23-22(19)18-10-5-2-6-11-18)21(27)14-13-17-8-3-1-4-9-17/h1-6,8-11,19H,7,12-16H2. The van der Waals surface area contributed by atoms with Crippen LogP contribution in [0.15, 0.2) is 65.8 Å². The lowest BCUT2D eigenvalue weighted by Gasteiger charge is -2.25. The second-order valence-corrected chi connectivity index (χ2v) is 7.02. The lowest BCUT2D eigenvalue weighted by molar-refractivity contribution is -0.133. The Labute approximate surface area is 159 Å². The van der Waals surface area contributed by atoms with Crippen LogP contribution in [0.5, 0.6) is 0 Å². The first-order valence-electron chi connectivity index (χ1n) is 9.50. The van der Waals surface area contributed by atoms with Gasteiger partial charge in [0.05, 0.1) is 18.3 Å². The molecule has 0 spiro atoms. The monoisotopic (exact) mass is 361 g/mol. The summed E-state index contributed by atoms with van der Waals surface area (Å²) in [5.41, 5.74) is 2.93. The zero-order valence-electron chi connectivity index (χ0n) is 15.3. The molecule has 2 aliphatic heterocycles. The highest BCUT2D eigenvalue weighted by Gasteiger charge is 2.38. The van der Waals surface area contributed by atoms with Gasteiger partial charge in [-0.15, -0.1) is 0 Å². The van der Waals surface area contributed by atoms with E-state index in [1.165, 1.54) is 0 Å². The van der Waals surface area contributed by atoms with Crippen molar-refractivity contribution >= 4 is 17.5 Å². The largest absolute Gasteiger partial charge is 0.332 e. The van der Waals surface area contributed by atoms with Crippen LogP contribution in [-0.2, 0) is 16.0 Å². The number of rotatable bonds is 5. The highest BCUT2D eigenvalue weighted by Crippen LogP contribution is 2.24. The zero-order valence-corrected chi connectivity index (χ0v) is 15.3. The third-order valence-electron chi connectivity index (χ3n) is 5.20. The lowest BCUT2D eigenvalue weighted by atomic mass is 10.0. The van der Waals surface area contributed by atoms with Crippen LogP contribution in [-0.4, -0.2) is 46.6 Å². The average Bonchev–Trinajstić information content (AvgIpc) is 3.33. The van der Waals surface area contributed by atoms with Crippen molar-refractivity contribution in [3.63, 3.8) is 0 Å². The van der Waals surface area contributed by atoms with Gasteiger partial charge in [-0.25, -0.2) is 5.01 Å². The topological polar surface area (TPSA) is 53.0 Å². The number of carbonyl (C=O) groups is 2. The molecule has 4 rings (SSSR count). The Morgan fingerprint density at radius 2 is 1.74 bits per heavy atom. The van der Waals surface area contributed by atoms with Crippen molar-refractivity contribution in [2.24, 2.45) is 5.10 Å². The molecule has 2 aromatic carbocycles. The average molecular weight is 361 g/mol. The smallest absolute Gasteiger partial charge is 0.243 e. The first-order valence-corrected chi connectivity index (χ1v) is 9.50. The number of carbonyl (C=O) groups excluding carboxylic acids is 2. The van der Waals surface area contributed by atoms with Gasteiger partial charge in [0.15, 0.2) is 0 Å². The van der Waals surface area contributed by atoms with E-state index in [9.17, 15) is 9.59 Å². The molecule has 0 N–H and O–H groups in total. The SMILES string of the molecule is O=C(CCc1ccccc1)N1CC(N2CCCC2=O)C(c2ccccc2)=N1. The predicted octanol–water partition coefficient (Wildman–Crippen LogP) is 2.86. The van der Waals surface area contributed by atoms with Gasteiger partial charge in [0.1, 0.15) is 0 Å². The Hall–Kier alpha value is -2.95. The van der Waals surface area contributed by atoms with E-state index in [0.717, 1.165) is 29.8 Å². The molecule has 1 unspecified atom stereocenters. The number of hydrazone groups is 1. The number of amides is 2. The molecule has 27 heavy (non-hydrogen) atoms. The summed E-state index contributed by atoms with van der Waals surface area (Å²) in [7, 11) is 0. The van der Waals surface area contributed by atoms with Crippen molar-refractivity contribution < 1.29 is 9.59 Å². The van der Waals surface area contributed by atoms with E-state index in [1.54, 1.807) is 5.01 Å². The summed E-state index contributed by atoms with van der Waals surface area (Å²) < 4.78 is 0. The Bertz CT molecular complexity index is 848. The summed E-state index contributed by atoms with van der Waals surface area (Å²) in [5.74, 6) is 0.156. The third-order valence-corrected chi connectivity index (χ3v) is 5.20. The summed E-state index contributed by atoms with van der Waals surface area (Å²) in [6.45, 7) is 1.19. The maximum absolute atomic E-state index is 12.8. The van der Waals surface area contributed by atoms with Gasteiger partial charge in [0, 0.05) is 19.4 Å². The van der Waals surface area contributed by atoms with Gasteiger partial charge in [-0.05, 0) is 24.0 Å². The molecule has 2 aliphatic rings. The molecule has 2 aromatic rings. The molecular weight excluding hydrogens is 338 g/mol. The minimum Gasteiger partial charge on any atom is -0.332 e. The fourth-order valence-corrected chi connectivity index (χ4v) is 3.77. The van der Waals surface area contributed by atoms with Crippen LogP contribution in [0, 0.1) is 0 Å². The van der Waals surface area contributed by atoms with E-state index in [2.05, 4.69) is 5.10 Å². The lowest BCUT2D eigenvalue weighted by Crippen LogP contribution is -2.44. The van der Waals surface area contributed by atoms with E-state index in [0.29, 0.717) is 25.8 Å². The van der Waals surface area contributed by atoms with Crippen molar-refractivity contribution in [2.75, 3.05) is 13.1 Å². The fourth-order valence-electron chi connectivity index (χ4n) is 3.77. The van der Waals surface area contributed by atoms with E-state index in [-0.39, 0.29) is 17.9 Å². The van der Waals surface area contributed by atoms with Gasteiger partial charge >= 0.3 is 0 Å². The molecule has 0 saturated carbocycles. The van der Waals surface area contributed by atoms with Gasteiger partial charge in [-0.3, -0.25) is 9.59 Å². The summed E-state index contributed by atoms with van der Waals surface area (Å²) in [5, 5.41) is 6.19. The second kappa shape index (κ2) is 7.74. The Balaban J connectivity index is 1.52. The minimum atomic E-state index is -0.150. The first kappa shape index (κ1) is 17.5. The molecule has 2 amide bonds. The van der Waals surface area contributed by atoms with E-state index in [1.807, 2.05) is 65.6 Å². The molecule has 5 heteroatoms. The van der Waals surface area contributed by atoms with E-state index in [4.69, 9.17) is 0 Å². The maximum atomic E-state index is 12.8. The first-order chi connectivity index (χ1) is 13.2. The van der Waals surface area contributed by atoms with Crippen LogP contribution in [0.4, 0.5) is 0 Å². The molecule has 0 aliphatic carbocycles. The number of hydrogen-bond donors (Lipinski definition) is 0. The van der Waals surface area contributed by atoms with Crippen molar-refractivity contribution in [3.8, 4) is 0 Å². The van der Waals surface area contributed by atoms with Crippen LogP contribution in [0.25, 0.3) is 0 Å². The van der Waals surface area contributed by atoms with Gasteiger partial charge in [0.2, 0.25) is 11.8 Å². The molecule has 1 fully saturated rings. The molecule has 138 valence electrons. The Morgan fingerprint density at radius 3 is 2.41 bits per heavy atom. The number of likely N-dealkylation sites (tertiary alicyclic amines) is 1. The van der Waals surface area contributed by atoms with Crippen LogP contribution < -0.4 is 0 Å². The summed E-state index contributed by atoms with van der Waals surface area (Å²) in [4.78, 5) is 26.9. The van der Waals surface area contributed by atoms with Crippen molar-refractivity contribution in [2.45, 2.75) is 31.7 Å². The summed E-state index contributed by atoms with van der Waals surface area (Å²) >= 11 is 0. The highest BCUT2D eigenvalue weighted by molar-refractivity contribution is 6.08. The van der Waals surface area contributed by atoms with Crippen LogP contribution in [0.1, 0.15) is 30.4 Å². The molecule has 1 saturated heterocycles. The van der Waals surface area contributed by atoms with Crippen molar-refractivity contribution in [1.82, 2.24) is 9.91 Å². The number of nitrogens with zero attached hydrogens (tertiary/aromatic N) is 3. The summed E-state index contributed by atoms with van der Waals surface area (Å²) in [6.07, 6.45) is 2.57. The van der Waals surface area contributed by atoms with Crippen LogP contribution >= 0.6 is 0 Å². The summed E-state index contributed by atoms with van der Waals surface area (Å²) in [6, 6.07) is 19.7. The normalized spacial score (nSPS) is 19.5. The molecule has 0 radical (unpaired) electrons. The van der Waals surface area contributed by atoms with Gasteiger partial charge < -0.3 is 4.90 Å². The van der Waals surface area contributed by atoms with Crippen molar-refractivity contribution in [3.05, 3.63) is 71.8 Å². The molecule has 0 aromatic heterocycles. The minimum absolute atomic E-state index is 0.00132. The second-order valence-electron chi connectivity index (χ2n) is 7.02. The number of hydrogen-bond acceptors (Lipinski definition) is 3. The number of aryl methyl sites for hydroxylation is 1. The zero-order chi connectivity index (χ0) is 18.6. The highest BCUT2D eigenvalue weighted by atomic mass is 16.2. The van der Waals surface area contributed by atoms with Gasteiger partial charge in [-0.1, -0.05) is 60.7 Å². The third kappa shape index (κ3) is 3.77. The maximum Gasteiger partial charge on any atom is 0.243 e. The Morgan fingerprint density at radius 1 is 1.04 bits per heavy atom. The predicted molar refractivity (Wildman–Crippen MR) is 104 cm³/mol. The fraction of sp³-hybridized carbons (Fsp3) is 0.318. The molecule has 1 atom stereocenters. The van der Waals surface area contributed by atoms with Crippen LogP contribution in [0.2, 0.25) is 0 Å². The molecule has 2 heterocycles.